The van der Waals surface area contributed by atoms with Crippen LogP contribution >= 0.6 is 0 Å². The molecule has 2 aromatic carbocycles. The molecule has 0 amide bonds. The van der Waals surface area contributed by atoms with Gasteiger partial charge < -0.3 is 14.4 Å². The summed E-state index contributed by atoms with van der Waals surface area (Å²) in [5.74, 6) is 0.594. The molecule has 3 aromatic rings. The quantitative estimate of drug-likeness (QED) is 0.587. The molecule has 0 aliphatic rings. The van der Waals surface area contributed by atoms with Gasteiger partial charge in [-0.2, -0.15) is 0 Å². The number of nitrogens with zero attached hydrogens (tertiary/aromatic N) is 1. The van der Waals surface area contributed by atoms with Crippen molar-refractivity contribution in [2.45, 2.75) is 20.3 Å². The first kappa shape index (κ1) is 16.1. The Bertz CT molecular complexity index is 1020. The molecule has 0 bridgehead atoms. The number of phenols is 1. The second kappa shape index (κ2) is 6.04. The number of para-hydroxylation sites is 1. The van der Waals surface area contributed by atoms with Crippen LogP contribution in [0.1, 0.15) is 19.4 Å². The number of phenolic OH excluding ortho intramolecular Hbond substituents is 1. The Hall–Kier alpha value is -2.75. The molecule has 24 heavy (non-hydrogen) atoms. The van der Waals surface area contributed by atoms with Gasteiger partial charge in [-0.3, -0.25) is 4.79 Å². The molecular weight excluding hydrogens is 302 g/mol. The second-order valence-corrected chi connectivity index (χ2v) is 6.19. The fourth-order valence-corrected chi connectivity index (χ4v) is 3.07. The number of aromatic nitrogens is 1. The molecule has 0 aliphatic carbocycles. The predicted octanol–water partition coefficient (Wildman–Crippen LogP) is 3.91. The minimum atomic E-state index is -0.155. The summed E-state index contributed by atoms with van der Waals surface area (Å²) >= 11 is 0. The van der Waals surface area contributed by atoms with Crippen LogP contribution < -0.4 is 10.2 Å². The molecule has 1 aromatic heterocycles. The Labute approximate surface area is 140 Å². The molecule has 0 saturated heterocycles. The molecule has 0 fully saturated rings. The average molecular weight is 323 g/mol. The van der Waals surface area contributed by atoms with Crippen LogP contribution in [0.3, 0.4) is 0 Å². The summed E-state index contributed by atoms with van der Waals surface area (Å²) in [6.45, 7) is 3.99. The van der Waals surface area contributed by atoms with Gasteiger partial charge in [0.05, 0.1) is 23.5 Å². The molecule has 1 heterocycles. The van der Waals surface area contributed by atoms with E-state index in [1.165, 1.54) is 0 Å². The smallest absolute Gasteiger partial charge is 0.200 e. The number of benzene rings is 2. The van der Waals surface area contributed by atoms with Crippen molar-refractivity contribution in [3.63, 3.8) is 0 Å². The summed E-state index contributed by atoms with van der Waals surface area (Å²) in [6.07, 6.45) is 2.53. The molecule has 4 heteroatoms. The van der Waals surface area contributed by atoms with Crippen molar-refractivity contribution in [1.82, 2.24) is 4.57 Å². The lowest BCUT2D eigenvalue weighted by molar-refractivity contribution is 0.403. The fraction of sp³-hybridized carbons (Fsp3) is 0.250. The lowest BCUT2D eigenvalue weighted by Crippen LogP contribution is -2.10. The van der Waals surface area contributed by atoms with Crippen LogP contribution in [-0.4, -0.2) is 16.8 Å². The first-order valence-corrected chi connectivity index (χ1v) is 7.89. The van der Waals surface area contributed by atoms with E-state index in [0.29, 0.717) is 34.0 Å². The van der Waals surface area contributed by atoms with Crippen molar-refractivity contribution in [2.24, 2.45) is 7.05 Å². The highest BCUT2D eigenvalue weighted by Gasteiger charge is 2.18. The van der Waals surface area contributed by atoms with Crippen molar-refractivity contribution in [1.29, 1.82) is 0 Å². The number of ether oxygens (including phenoxy) is 1. The van der Waals surface area contributed by atoms with E-state index in [1.807, 2.05) is 55.8 Å². The van der Waals surface area contributed by atoms with E-state index in [4.69, 9.17) is 4.74 Å². The number of hydrogen-bond donors (Lipinski definition) is 1. The molecule has 0 aliphatic heterocycles. The summed E-state index contributed by atoms with van der Waals surface area (Å²) in [5, 5.41) is 11.8. The monoisotopic (exact) mass is 323 g/mol. The minimum Gasteiger partial charge on any atom is -0.507 e. The maximum atomic E-state index is 12.9. The molecular formula is C20H21NO3. The molecule has 0 saturated carbocycles. The largest absolute Gasteiger partial charge is 0.507 e. The van der Waals surface area contributed by atoms with Crippen LogP contribution in [0, 0.1) is 0 Å². The average Bonchev–Trinajstić information content (AvgIpc) is 2.57. The van der Waals surface area contributed by atoms with Gasteiger partial charge in [-0.15, -0.1) is 0 Å². The zero-order valence-electron chi connectivity index (χ0n) is 14.4. The third-order valence-electron chi connectivity index (χ3n) is 4.38. The lowest BCUT2D eigenvalue weighted by Gasteiger charge is -2.16. The highest BCUT2D eigenvalue weighted by atomic mass is 16.5. The number of allylic oxidation sites excluding steroid dienone is 2. The minimum absolute atomic E-state index is 0.00760. The van der Waals surface area contributed by atoms with Crippen LogP contribution in [0.5, 0.6) is 11.5 Å². The highest BCUT2D eigenvalue weighted by Crippen LogP contribution is 2.36. The Morgan fingerprint density at radius 1 is 1.25 bits per heavy atom. The number of fused-ring (bicyclic) bond motifs is 2. The predicted molar refractivity (Wildman–Crippen MR) is 98.0 cm³/mol. The Morgan fingerprint density at radius 2 is 1.96 bits per heavy atom. The number of rotatable bonds is 3. The van der Waals surface area contributed by atoms with E-state index in [1.54, 1.807) is 13.2 Å². The summed E-state index contributed by atoms with van der Waals surface area (Å²) in [5.41, 5.74) is 3.11. The van der Waals surface area contributed by atoms with Crippen molar-refractivity contribution in [3.8, 4) is 11.5 Å². The summed E-state index contributed by atoms with van der Waals surface area (Å²) in [7, 11) is 3.46. The van der Waals surface area contributed by atoms with Gasteiger partial charge in [0.15, 0.2) is 0 Å². The van der Waals surface area contributed by atoms with E-state index in [0.717, 1.165) is 11.1 Å². The molecule has 0 atom stereocenters. The van der Waals surface area contributed by atoms with E-state index in [-0.39, 0.29) is 11.2 Å². The van der Waals surface area contributed by atoms with Gasteiger partial charge in [0.25, 0.3) is 0 Å². The molecule has 0 radical (unpaired) electrons. The molecule has 1 N–H and O–H groups in total. The van der Waals surface area contributed by atoms with Crippen molar-refractivity contribution in [2.75, 3.05) is 7.11 Å². The fourth-order valence-electron chi connectivity index (χ4n) is 3.07. The third kappa shape index (κ3) is 2.44. The number of hydrogen-bond acceptors (Lipinski definition) is 3. The van der Waals surface area contributed by atoms with Crippen molar-refractivity contribution < 1.29 is 9.84 Å². The maximum absolute atomic E-state index is 12.9. The Balaban J connectivity index is 2.47. The SMILES string of the molecule is COc1cc2c(c(O)c1CC=C(C)C)c(=O)c1ccccc1n2C. The number of aryl methyl sites for hydroxylation is 1. The second-order valence-electron chi connectivity index (χ2n) is 6.19. The van der Waals surface area contributed by atoms with Crippen molar-refractivity contribution in [3.05, 3.63) is 57.8 Å². The van der Waals surface area contributed by atoms with Gasteiger partial charge in [0.2, 0.25) is 5.43 Å². The van der Waals surface area contributed by atoms with Crippen LogP contribution in [-0.2, 0) is 13.5 Å². The van der Waals surface area contributed by atoms with E-state index >= 15 is 0 Å². The Morgan fingerprint density at radius 3 is 2.62 bits per heavy atom. The maximum Gasteiger partial charge on any atom is 0.200 e. The zero-order chi connectivity index (χ0) is 17.4. The summed E-state index contributed by atoms with van der Waals surface area (Å²) < 4.78 is 7.38. The number of methoxy groups -OCH3 is 1. The first-order chi connectivity index (χ1) is 11.5. The molecule has 3 rings (SSSR count). The van der Waals surface area contributed by atoms with Crippen molar-refractivity contribution >= 4 is 21.8 Å². The molecule has 0 spiro atoms. The number of pyridine rings is 1. The van der Waals surface area contributed by atoms with Gasteiger partial charge in [-0.05, 0) is 32.4 Å². The van der Waals surface area contributed by atoms with Gasteiger partial charge >= 0.3 is 0 Å². The van der Waals surface area contributed by atoms with Gasteiger partial charge in [-0.1, -0.05) is 23.8 Å². The molecule has 0 unspecified atom stereocenters. The van der Waals surface area contributed by atoms with Crippen LogP contribution in [0.4, 0.5) is 0 Å². The van der Waals surface area contributed by atoms with Crippen LogP contribution in [0.2, 0.25) is 0 Å². The first-order valence-electron chi connectivity index (χ1n) is 7.89. The normalized spacial score (nSPS) is 11.0. The van der Waals surface area contributed by atoms with Gasteiger partial charge in [0.1, 0.15) is 11.5 Å². The summed E-state index contributed by atoms with van der Waals surface area (Å²) in [4.78, 5) is 12.9. The van der Waals surface area contributed by atoms with E-state index in [9.17, 15) is 9.90 Å². The summed E-state index contributed by atoms with van der Waals surface area (Å²) in [6, 6.07) is 9.25. The topological polar surface area (TPSA) is 51.5 Å². The third-order valence-corrected chi connectivity index (χ3v) is 4.38. The number of aromatic hydroxyl groups is 1. The van der Waals surface area contributed by atoms with Gasteiger partial charge in [0, 0.05) is 24.1 Å². The van der Waals surface area contributed by atoms with Gasteiger partial charge in [-0.25, -0.2) is 0 Å². The Kier molecular flexibility index (Phi) is 4.06. The van der Waals surface area contributed by atoms with E-state index in [2.05, 4.69) is 0 Å². The zero-order valence-corrected chi connectivity index (χ0v) is 14.4. The standard InChI is InChI=1S/C20H21NO3/c1-12(2)9-10-14-17(24-4)11-16-18(20(14)23)19(22)13-7-5-6-8-15(13)21(16)3/h5-9,11,23H,10H2,1-4H3. The molecule has 124 valence electrons. The van der Waals surface area contributed by atoms with Crippen LogP contribution in [0.15, 0.2) is 46.8 Å². The van der Waals surface area contributed by atoms with Crippen LogP contribution in [0.25, 0.3) is 21.8 Å². The lowest BCUT2D eigenvalue weighted by atomic mass is 10.0. The molecule has 4 nitrogen and oxygen atoms in total. The highest BCUT2D eigenvalue weighted by molar-refractivity contribution is 5.98. The van der Waals surface area contributed by atoms with E-state index < -0.39 is 0 Å².